The maximum Gasteiger partial charge on any atom is 0.251 e. The van der Waals surface area contributed by atoms with Crippen LogP contribution in [0.15, 0.2) is 48.5 Å². The molecule has 130 valence electrons. The van der Waals surface area contributed by atoms with Crippen molar-refractivity contribution in [2.45, 2.75) is 19.9 Å². The van der Waals surface area contributed by atoms with E-state index >= 15 is 0 Å². The molecule has 3 rings (SSSR count). The van der Waals surface area contributed by atoms with Crippen LogP contribution in [0.4, 0.5) is 5.69 Å². The largest absolute Gasteiger partial charge is 0.348 e. The predicted molar refractivity (Wildman–Crippen MR) is 94.7 cm³/mol. The number of rotatable bonds is 4. The van der Waals surface area contributed by atoms with Crippen LogP contribution < -0.4 is 9.62 Å². The number of carbonyl (C=O) groups is 2. The molecule has 7 heteroatoms. The summed E-state index contributed by atoms with van der Waals surface area (Å²) in [6.07, 6.45) is -0.0129. The van der Waals surface area contributed by atoms with E-state index in [1.165, 1.54) is 24.3 Å². The first-order valence-corrected chi connectivity index (χ1v) is 9.48. The zero-order chi connectivity index (χ0) is 18.0. The van der Waals surface area contributed by atoms with Crippen molar-refractivity contribution in [2.75, 3.05) is 10.1 Å². The molecule has 0 spiro atoms. The standard InChI is InChI=1S/C18H18N2O4S/c1-13-4-2-3-5-15(13)12-19-18(22)14-6-8-16(9-7-14)20-17(21)10-11-25(20,23)24/h2-9H,10-12H2,1H3,(H,19,22). The molecule has 2 amide bonds. The number of amides is 2. The lowest BCUT2D eigenvalue weighted by molar-refractivity contribution is -0.116. The van der Waals surface area contributed by atoms with E-state index in [1.807, 2.05) is 31.2 Å². The van der Waals surface area contributed by atoms with Gasteiger partial charge < -0.3 is 5.32 Å². The van der Waals surface area contributed by atoms with Crippen LogP contribution in [0, 0.1) is 6.92 Å². The Hall–Kier alpha value is -2.67. The molecule has 2 aromatic rings. The Bertz CT molecular complexity index is 920. The Labute approximate surface area is 146 Å². The number of nitrogens with one attached hydrogen (secondary N) is 1. The second kappa shape index (κ2) is 6.68. The average molecular weight is 358 g/mol. The Kier molecular flexibility index (Phi) is 4.59. The van der Waals surface area contributed by atoms with E-state index in [4.69, 9.17) is 0 Å². The summed E-state index contributed by atoms with van der Waals surface area (Å²) in [5.41, 5.74) is 2.79. The summed E-state index contributed by atoms with van der Waals surface area (Å²) < 4.78 is 24.6. The molecule has 0 unspecified atom stereocenters. The topological polar surface area (TPSA) is 83.6 Å². The Morgan fingerprint density at radius 1 is 1.12 bits per heavy atom. The first kappa shape index (κ1) is 17.2. The fourth-order valence-corrected chi connectivity index (χ4v) is 4.16. The first-order chi connectivity index (χ1) is 11.9. The molecule has 1 saturated heterocycles. The van der Waals surface area contributed by atoms with Crippen molar-refractivity contribution in [3.8, 4) is 0 Å². The molecule has 1 fully saturated rings. The van der Waals surface area contributed by atoms with E-state index < -0.39 is 15.9 Å². The molecule has 0 bridgehead atoms. The molecular formula is C18H18N2O4S. The second-order valence-corrected chi connectivity index (χ2v) is 7.82. The van der Waals surface area contributed by atoms with Crippen molar-refractivity contribution in [3.63, 3.8) is 0 Å². The summed E-state index contributed by atoms with van der Waals surface area (Å²) in [4.78, 5) is 24.0. The van der Waals surface area contributed by atoms with Gasteiger partial charge in [-0.25, -0.2) is 12.7 Å². The van der Waals surface area contributed by atoms with Gasteiger partial charge in [0.05, 0.1) is 11.4 Å². The van der Waals surface area contributed by atoms with Gasteiger partial charge >= 0.3 is 0 Å². The highest BCUT2D eigenvalue weighted by Crippen LogP contribution is 2.25. The minimum atomic E-state index is -3.59. The van der Waals surface area contributed by atoms with Crippen molar-refractivity contribution < 1.29 is 18.0 Å². The van der Waals surface area contributed by atoms with Gasteiger partial charge in [0.15, 0.2) is 0 Å². The fraction of sp³-hybridized carbons (Fsp3) is 0.222. The van der Waals surface area contributed by atoms with Crippen LogP contribution in [0.3, 0.4) is 0 Å². The van der Waals surface area contributed by atoms with Crippen LogP contribution in [-0.4, -0.2) is 26.0 Å². The third-order valence-electron chi connectivity index (χ3n) is 4.14. The highest BCUT2D eigenvalue weighted by molar-refractivity contribution is 7.94. The van der Waals surface area contributed by atoms with E-state index in [2.05, 4.69) is 5.32 Å². The molecule has 1 aliphatic heterocycles. The maximum atomic E-state index is 12.2. The maximum absolute atomic E-state index is 12.2. The Balaban J connectivity index is 1.71. The monoisotopic (exact) mass is 358 g/mol. The lowest BCUT2D eigenvalue weighted by Crippen LogP contribution is -2.29. The smallest absolute Gasteiger partial charge is 0.251 e. The van der Waals surface area contributed by atoms with Crippen molar-refractivity contribution in [2.24, 2.45) is 0 Å². The summed E-state index contributed by atoms with van der Waals surface area (Å²) >= 11 is 0. The van der Waals surface area contributed by atoms with Gasteiger partial charge in [-0.1, -0.05) is 24.3 Å². The molecule has 0 radical (unpaired) electrons. The normalized spacial score (nSPS) is 16.0. The van der Waals surface area contributed by atoms with E-state index in [9.17, 15) is 18.0 Å². The molecule has 0 atom stereocenters. The van der Waals surface area contributed by atoms with Gasteiger partial charge in [-0.3, -0.25) is 9.59 Å². The average Bonchev–Trinajstić information content (AvgIpc) is 2.87. The summed E-state index contributed by atoms with van der Waals surface area (Å²) in [7, 11) is -3.59. The lowest BCUT2D eigenvalue weighted by Gasteiger charge is -2.15. The van der Waals surface area contributed by atoms with Crippen molar-refractivity contribution >= 4 is 27.5 Å². The number of aryl methyl sites for hydroxylation is 1. The fourth-order valence-electron chi connectivity index (χ4n) is 2.70. The summed E-state index contributed by atoms with van der Waals surface area (Å²) in [6.45, 7) is 2.38. The van der Waals surface area contributed by atoms with E-state index in [-0.39, 0.29) is 23.8 Å². The van der Waals surface area contributed by atoms with Gasteiger partial charge in [-0.15, -0.1) is 0 Å². The van der Waals surface area contributed by atoms with Crippen LogP contribution in [0.1, 0.15) is 27.9 Å². The molecular weight excluding hydrogens is 340 g/mol. The quantitative estimate of drug-likeness (QED) is 0.906. The van der Waals surface area contributed by atoms with E-state index in [0.29, 0.717) is 12.1 Å². The number of benzene rings is 2. The van der Waals surface area contributed by atoms with Crippen LogP contribution in [0.5, 0.6) is 0 Å². The SMILES string of the molecule is Cc1ccccc1CNC(=O)c1ccc(N2C(=O)CCS2(=O)=O)cc1. The van der Waals surface area contributed by atoms with Crippen molar-refractivity contribution in [1.82, 2.24) is 5.32 Å². The Morgan fingerprint density at radius 3 is 2.40 bits per heavy atom. The second-order valence-electron chi connectivity index (χ2n) is 5.88. The number of hydrogen-bond acceptors (Lipinski definition) is 4. The number of sulfonamides is 1. The number of hydrogen-bond donors (Lipinski definition) is 1. The predicted octanol–water partition coefficient (Wildman–Crippen LogP) is 1.99. The number of nitrogens with zero attached hydrogens (tertiary/aromatic N) is 1. The molecule has 6 nitrogen and oxygen atoms in total. The molecule has 2 aromatic carbocycles. The molecule has 1 heterocycles. The van der Waals surface area contributed by atoms with Crippen LogP contribution in [0.25, 0.3) is 0 Å². The van der Waals surface area contributed by atoms with Gasteiger partial charge in [-0.2, -0.15) is 0 Å². The zero-order valence-corrected chi connectivity index (χ0v) is 14.5. The molecule has 1 aliphatic rings. The molecule has 0 aromatic heterocycles. The van der Waals surface area contributed by atoms with Gasteiger partial charge in [0.25, 0.3) is 5.91 Å². The van der Waals surface area contributed by atoms with Gasteiger partial charge in [-0.05, 0) is 42.3 Å². The summed E-state index contributed by atoms with van der Waals surface area (Å²) in [6, 6.07) is 13.8. The summed E-state index contributed by atoms with van der Waals surface area (Å²) in [5.74, 6) is -0.882. The molecule has 0 saturated carbocycles. The number of anilines is 1. The summed E-state index contributed by atoms with van der Waals surface area (Å²) in [5, 5.41) is 2.83. The first-order valence-electron chi connectivity index (χ1n) is 7.87. The van der Waals surface area contributed by atoms with Crippen LogP contribution in [-0.2, 0) is 21.4 Å². The highest BCUT2D eigenvalue weighted by Gasteiger charge is 2.36. The zero-order valence-electron chi connectivity index (χ0n) is 13.7. The number of carbonyl (C=O) groups excluding carboxylic acids is 2. The Morgan fingerprint density at radius 2 is 1.80 bits per heavy atom. The lowest BCUT2D eigenvalue weighted by atomic mass is 10.1. The van der Waals surface area contributed by atoms with Gasteiger partial charge in [0.2, 0.25) is 15.9 Å². The van der Waals surface area contributed by atoms with Crippen LogP contribution >= 0.6 is 0 Å². The van der Waals surface area contributed by atoms with Crippen molar-refractivity contribution in [3.05, 3.63) is 65.2 Å². The molecule has 25 heavy (non-hydrogen) atoms. The van der Waals surface area contributed by atoms with E-state index in [1.54, 1.807) is 0 Å². The van der Waals surface area contributed by atoms with Gasteiger partial charge in [0.1, 0.15) is 0 Å². The van der Waals surface area contributed by atoms with Crippen molar-refractivity contribution in [1.29, 1.82) is 0 Å². The molecule has 0 aliphatic carbocycles. The van der Waals surface area contributed by atoms with Crippen LogP contribution in [0.2, 0.25) is 0 Å². The third-order valence-corrected chi connectivity index (χ3v) is 5.83. The minimum absolute atomic E-state index is 0.0129. The molecule has 1 N–H and O–H groups in total. The highest BCUT2D eigenvalue weighted by atomic mass is 32.2. The van der Waals surface area contributed by atoms with Gasteiger partial charge in [0, 0.05) is 18.5 Å². The minimum Gasteiger partial charge on any atom is -0.348 e. The van der Waals surface area contributed by atoms with E-state index in [0.717, 1.165) is 15.4 Å². The third kappa shape index (κ3) is 3.56.